The number of ether oxygens (including phenoxy) is 3. The van der Waals surface area contributed by atoms with E-state index in [4.69, 9.17) is 14.2 Å². The molecule has 5 heteroatoms. The zero-order valence-electron chi connectivity index (χ0n) is 10.7. The van der Waals surface area contributed by atoms with Crippen molar-refractivity contribution < 1.29 is 23.8 Å². The fraction of sp³-hybridized carbons (Fsp3) is 0.692. The van der Waals surface area contributed by atoms with Gasteiger partial charge in [0.25, 0.3) is 0 Å². The molecule has 5 nitrogen and oxygen atoms in total. The number of aldehydes is 1. The summed E-state index contributed by atoms with van der Waals surface area (Å²) < 4.78 is 15.8. The van der Waals surface area contributed by atoms with Gasteiger partial charge in [-0.2, -0.15) is 0 Å². The summed E-state index contributed by atoms with van der Waals surface area (Å²) in [6.07, 6.45) is 6.24. The third kappa shape index (κ3) is 5.31. The molecular weight excluding hydrogens is 236 g/mol. The van der Waals surface area contributed by atoms with E-state index in [0.29, 0.717) is 26.1 Å². The molecule has 2 atom stereocenters. The van der Waals surface area contributed by atoms with Crippen molar-refractivity contribution in [2.24, 2.45) is 0 Å². The van der Waals surface area contributed by atoms with Gasteiger partial charge in [0.15, 0.2) is 0 Å². The maximum atomic E-state index is 11.1. The number of hydrogen-bond acceptors (Lipinski definition) is 5. The minimum absolute atomic E-state index is 0.0733. The maximum absolute atomic E-state index is 11.1. The topological polar surface area (TPSA) is 61.8 Å². The standard InChI is InChI=1S/C13H20O5/c1-2-16-13(15)7-10-18-12-6-4-9-17-11(12)5-3-8-14/h7-8,10-12H,2-6,9H2,1H3/b10-7+/t11-,12+/m1/s1. The van der Waals surface area contributed by atoms with E-state index in [1.165, 1.54) is 12.3 Å². The summed E-state index contributed by atoms with van der Waals surface area (Å²) in [5, 5.41) is 0. The Morgan fingerprint density at radius 2 is 2.33 bits per heavy atom. The van der Waals surface area contributed by atoms with Gasteiger partial charge < -0.3 is 19.0 Å². The number of esters is 1. The Kier molecular flexibility index (Phi) is 7.10. The van der Waals surface area contributed by atoms with Crippen LogP contribution in [0, 0.1) is 0 Å². The van der Waals surface area contributed by atoms with Crippen LogP contribution in [0.1, 0.15) is 32.6 Å². The van der Waals surface area contributed by atoms with Crippen LogP contribution in [0.3, 0.4) is 0 Å². The molecule has 1 rings (SSSR count). The molecule has 0 unspecified atom stereocenters. The monoisotopic (exact) mass is 256 g/mol. The summed E-state index contributed by atoms with van der Waals surface area (Å²) in [5.41, 5.74) is 0. The van der Waals surface area contributed by atoms with Gasteiger partial charge in [-0.05, 0) is 26.2 Å². The van der Waals surface area contributed by atoms with E-state index in [2.05, 4.69) is 0 Å². The van der Waals surface area contributed by atoms with Crippen LogP contribution in [-0.4, -0.2) is 37.7 Å². The minimum atomic E-state index is -0.418. The van der Waals surface area contributed by atoms with Crippen molar-refractivity contribution in [2.75, 3.05) is 13.2 Å². The van der Waals surface area contributed by atoms with Crippen molar-refractivity contribution in [1.82, 2.24) is 0 Å². The first kappa shape index (κ1) is 14.7. The highest BCUT2D eigenvalue weighted by atomic mass is 16.5. The molecule has 0 aromatic heterocycles. The summed E-state index contributed by atoms with van der Waals surface area (Å²) in [6.45, 7) is 2.79. The quantitative estimate of drug-likeness (QED) is 0.300. The van der Waals surface area contributed by atoms with Crippen molar-refractivity contribution in [3.63, 3.8) is 0 Å². The Morgan fingerprint density at radius 3 is 3.06 bits per heavy atom. The molecule has 0 radical (unpaired) electrons. The van der Waals surface area contributed by atoms with Gasteiger partial charge in [-0.25, -0.2) is 4.79 Å². The van der Waals surface area contributed by atoms with Crippen LogP contribution in [0.15, 0.2) is 12.3 Å². The molecule has 102 valence electrons. The Morgan fingerprint density at radius 1 is 1.50 bits per heavy atom. The molecule has 0 saturated carbocycles. The van der Waals surface area contributed by atoms with Crippen molar-refractivity contribution in [3.8, 4) is 0 Å². The molecule has 0 amide bonds. The molecule has 1 saturated heterocycles. The number of rotatable bonds is 7. The third-order valence-corrected chi connectivity index (χ3v) is 2.69. The molecule has 0 N–H and O–H groups in total. The van der Waals surface area contributed by atoms with Crippen LogP contribution >= 0.6 is 0 Å². The van der Waals surface area contributed by atoms with Crippen LogP contribution in [0.2, 0.25) is 0 Å². The number of carbonyl (C=O) groups is 2. The molecule has 0 aromatic rings. The second-order valence-corrected chi connectivity index (χ2v) is 4.02. The molecule has 0 bridgehead atoms. The second kappa shape index (κ2) is 8.69. The van der Waals surface area contributed by atoms with E-state index >= 15 is 0 Å². The smallest absolute Gasteiger partial charge is 0.333 e. The van der Waals surface area contributed by atoms with Crippen molar-refractivity contribution in [2.45, 2.75) is 44.8 Å². The van der Waals surface area contributed by atoms with Crippen LogP contribution < -0.4 is 0 Å². The number of carbonyl (C=O) groups excluding carboxylic acids is 2. The predicted octanol–water partition coefficient (Wildman–Crippen LogP) is 1.61. The van der Waals surface area contributed by atoms with E-state index in [0.717, 1.165) is 19.1 Å². The summed E-state index contributed by atoms with van der Waals surface area (Å²) in [5.74, 6) is -0.418. The van der Waals surface area contributed by atoms with Gasteiger partial charge in [0.1, 0.15) is 12.4 Å². The highest BCUT2D eigenvalue weighted by Gasteiger charge is 2.26. The molecule has 0 aliphatic carbocycles. The van der Waals surface area contributed by atoms with E-state index < -0.39 is 5.97 Å². The lowest BCUT2D eigenvalue weighted by molar-refractivity contribution is -0.137. The molecular formula is C13H20O5. The van der Waals surface area contributed by atoms with E-state index in [1.807, 2.05) is 0 Å². The third-order valence-electron chi connectivity index (χ3n) is 2.69. The lowest BCUT2D eigenvalue weighted by atomic mass is 10.0. The van der Waals surface area contributed by atoms with Crippen LogP contribution in [0.25, 0.3) is 0 Å². The molecule has 1 fully saturated rings. The van der Waals surface area contributed by atoms with E-state index in [-0.39, 0.29) is 12.2 Å². The van der Waals surface area contributed by atoms with Gasteiger partial charge in [-0.1, -0.05) is 0 Å². The van der Waals surface area contributed by atoms with Gasteiger partial charge in [-0.3, -0.25) is 0 Å². The van der Waals surface area contributed by atoms with Crippen LogP contribution in [0.4, 0.5) is 0 Å². The highest BCUT2D eigenvalue weighted by Crippen LogP contribution is 2.20. The molecule has 1 aliphatic rings. The van der Waals surface area contributed by atoms with Gasteiger partial charge in [0.05, 0.1) is 25.0 Å². The van der Waals surface area contributed by atoms with Gasteiger partial charge >= 0.3 is 5.97 Å². The fourth-order valence-corrected chi connectivity index (χ4v) is 1.86. The zero-order valence-corrected chi connectivity index (χ0v) is 10.7. The minimum Gasteiger partial charge on any atom is -0.495 e. The molecule has 18 heavy (non-hydrogen) atoms. The van der Waals surface area contributed by atoms with E-state index in [1.54, 1.807) is 6.92 Å². The first-order valence-electron chi connectivity index (χ1n) is 6.32. The van der Waals surface area contributed by atoms with Gasteiger partial charge in [0, 0.05) is 13.0 Å². The Balaban J connectivity index is 2.36. The Hall–Kier alpha value is -1.36. The second-order valence-electron chi connectivity index (χ2n) is 4.02. The lowest BCUT2D eigenvalue weighted by Gasteiger charge is -2.30. The van der Waals surface area contributed by atoms with E-state index in [9.17, 15) is 9.59 Å². The normalized spacial score (nSPS) is 23.8. The number of hydrogen-bond donors (Lipinski definition) is 0. The first-order chi connectivity index (χ1) is 8.77. The average molecular weight is 256 g/mol. The molecule has 0 spiro atoms. The Labute approximate surface area is 107 Å². The summed E-state index contributed by atoms with van der Waals surface area (Å²) in [6, 6.07) is 0. The van der Waals surface area contributed by atoms with Crippen LogP contribution in [0.5, 0.6) is 0 Å². The summed E-state index contributed by atoms with van der Waals surface area (Å²) >= 11 is 0. The van der Waals surface area contributed by atoms with Crippen LogP contribution in [-0.2, 0) is 23.8 Å². The molecule has 1 heterocycles. The van der Waals surface area contributed by atoms with Crippen molar-refractivity contribution in [3.05, 3.63) is 12.3 Å². The maximum Gasteiger partial charge on any atom is 0.333 e. The van der Waals surface area contributed by atoms with Crippen molar-refractivity contribution in [1.29, 1.82) is 0 Å². The van der Waals surface area contributed by atoms with Gasteiger partial charge in [0.2, 0.25) is 0 Å². The highest BCUT2D eigenvalue weighted by molar-refractivity contribution is 5.81. The summed E-state index contributed by atoms with van der Waals surface area (Å²) in [7, 11) is 0. The van der Waals surface area contributed by atoms with Crippen molar-refractivity contribution >= 4 is 12.3 Å². The SMILES string of the molecule is CCOC(=O)/C=C/O[C@H]1CCCO[C@@H]1CCC=O. The largest absolute Gasteiger partial charge is 0.495 e. The Bertz CT molecular complexity index is 287. The lowest BCUT2D eigenvalue weighted by Crippen LogP contribution is -2.35. The first-order valence-corrected chi connectivity index (χ1v) is 6.32. The zero-order chi connectivity index (χ0) is 13.2. The predicted molar refractivity (Wildman–Crippen MR) is 64.9 cm³/mol. The van der Waals surface area contributed by atoms with Gasteiger partial charge in [-0.15, -0.1) is 0 Å². The fourth-order valence-electron chi connectivity index (χ4n) is 1.86. The molecule has 1 aliphatic heterocycles. The average Bonchev–Trinajstić information content (AvgIpc) is 2.38. The summed E-state index contributed by atoms with van der Waals surface area (Å²) in [4.78, 5) is 21.4. The molecule has 0 aromatic carbocycles.